The lowest BCUT2D eigenvalue weighted by Gasteiger charge is -2.20. The van der Waals surface area contributed by atoms with E-state index in [1.165, 1.54) is 12.1 Å². The van der Waals surface area contributed by atoms with Gasteiger partial charge in [-0.1, -0.05) is 0 Å². The topological polar surface area (TPSA) is 127 Å². The minimum Gasteiger partial charge on any atom is -0.398 e. The monoisotopic (exact) mass is 314 g/mol. The lowest BCUT2D eigenvalue weighted by Crippen LogP contribution is -2.41. The molecule has 1 aromatic carbocycles. The number of rotatable bonds is 5. The number of nitrogens with two attached hydrogens (primary N) is 2. The second-order valence-corrected chi connectivity index (χ2v) is 7.30. The third-order valence-electron chi connectivity index (χ3n) is 2.51. The second kappa shape index (κ2) is 6.31. The first kappa shape index (κ1) is 17.3. The molecule has 0 spiro atoms. The van der Waals surface area contributed by atoms with Crippen LogP contribution in [0.5, 0.6) is 0 Å². The Morgan fingerprint density at radius 2 is 1.90 bits per heavy atom. The number of benzene rings is 1. The number of nitrogens with one attached hydrogen (secondary N) is 2. The molecule has 0 unspecified atom stereocenters. The number of primary sulfonamides is 1. The first-order valence-electron chi connectivity index (χ1n) is 6.46. The Morgan fingerprint density at radius 3 is 2.38 bits per heavy atom. The Balaban J connectivity index is 2.58. The van der Waals surface area contributed by atoms with E-state index in [0.29, 0.717) is 18.7 Å². The number of anilines is 2. The summed E-state index contributed by atoms with van der Waals surface area (Å²) in [5.74, 6) is -0.0656. The smallest absolute Gasteiger partial charge is 0.240 e. The van der Waals surface area contributed by atoms with Crippen LogP contribution < -0.4 is 21.5 Å². The van der Waals surface area contributed by atoms with Crippen LogP contribution in [0.3, 0.4) is 0 Å². The van der Waals surface area contributed by atoms with Gasteiger partial charge in [-0.15, -0.1) is 0 Å². The Bertz CT molecular complexity index is 621. The van der Waals surface area contributed by atoms with E-state index in [4.69, 9.17) is 10.9 Å². The van der Waals surface area contributed by atoms with Gasteiger partial charge < -0.3 is 16.4 Å². The van der Waals surface area contributed by atoms with E-state index < -0.39 is 10.0 Å². The number of hydrogen-bond donors (Lipinski definition) is 4. The summed E-state index contributed by atoms with van der Waals surface area (Å²) in [5, 5.41) is 10.9. The van der Waals surface area contributed by atoms with Gasteiger partial charge in [-0.25, -0.2) is 13.6 Å². The molecule has 1 rings (SSSR count). The summed E-state index contributed by atoms with van der Waals surface area (Å²) in [4.78, 5) is 11.5. The lowest BCUT2D eigenvalue weighted by atomic mass is 10.1. The predicted octanol–water partition coefficient (Wildman–Crippen LogP) is 0.633. The van der Waals surface area contributed by atoms with Gasteiger partial charge in [-0.2, -0.15) is 0 Å². The van der Waals surface area contributed by atoms with Gasteiger partial charge in [0.1, 0.15) is 4.90 Å². The van der Waals surface area contributed by atoms with Crippen LogP contribution in [0.4, 0.5) is 11.4 Å². The normalized spacial score (nSPS) is 12.0. The summed E-state index contributed by atoms with van der Waals surface area (Å²) >= 11 is 0. The summed E-state index contributed by atoms with van der Waals surface area (Å²) in [6, 6.07) is 4.36. The van der Waals surface area contributed by atoms with Crippen molar-refractivity contribution in [2.45, 2.75) is 37.6 Å². The van der Waals surface area contributed by atoms with Gasteiger partial charge in [-0.3, -0.25) is 4.79 Å². The highest BCUT2D eigenvalue weighted by molar-refractivity contribution is 7.89. The molecule has 7 nitrogen and oxygen atoms in total. The molecule has 118 valence electrons. The molecule has 0 saturated heterocycles. The highest BCUT2D eigenvalue weighted by Gasteiger charge is 2.14. The van der Waals surface area contributed by atoms with Crippen LogP contribution in [0, 0.1) is 0 Å². The number of hydrogen-bond acceptors (Lipinski definition) is 5. The molecular formula is C13H22N4O3S. The van der Waals surface area contributed by atoms with Crippen molar-refractivity contribution in [3.05, 3.63) is 18.2 Å². The fourth-order valence-corrected chi connectivity index (χ4v) is 2.36. The number of carbonyl (C=O) groups is 1. The Morgan fingerprint density at radius 1 is 1.29 bits per heavy atom. The fraction of sp³-hybridized carbons (Fsp3) is 0.462. The van der Waals surface area contributed by atoms with Crippen molar-refractivity contribution >= 4 is 27.3 Å². The van der Waals surface area contributed by atoms with Crippen molar-refractivity contribution in [3.8, 4) is 0 Å². The molecule has 0 saturated carbocycles. The number of nitrogen functional groups attached to an aromatic ring is 1. The van der Waals surface area contributed by atoms with E-state index in [0.717, 1.165) is 0 Å². The highest BCUT2D eigenvalue weighted by atomic mass is 32.2. The van der Waals surface area contributed by atoms with Crippen LogP contribution in [-0.2, 0) is 14.8 Å². The summed E-state index contributed by atoms with van der Waals surface area (Å²) in [6.45, 7) is 6.14. The van der Waals surface area contributed by atoms with E-state index in [9.17, 15) is 13.2 Å². The summed E-state index contributed by atoms with van der Waals surface area (Å²) in [5.41, 5.74) is 6.08. The van der Waals surface area contributed by atoms with Gasteiger partial charge >= 0.3 is 0 Å². The van der Waals surface area contributed by atoms with Crippen LogP contribution in [0.25, 0.3) is 0 Å². The third-order valence-corrected chi connectivity index (χ3v) is 3.50. The molecular weight excluding hydrogens is 292 g/mol. The minimum absolute atomic E-state index is 0.0656. The van der Waals surface area contributed by atoms with Crippen molar-refractivity contribution in [2.24, 2.45) is 5.14 Å². The molecule has 0 atom stereocenters. The standard InChI is InChI=1S/C13H22N4O3S/c1-13(2,3)17-12(18)6-7-16-9-4-5-11(10(14)8-9)21(15,19)20/h4-5,8,16H,6-7,14H2,1-3H3,(H,17,18)(H2,15,19,20). The molecule has 0 heterocycles. The quantitative estimate of drug-likeness (QED) is 0.593. The molecule has 0 aromatic heterocycles. The second-order valence-electron chi connectivity index (χ2n) is 5.77. The third kappa shape index (κ3) is 6.01. The zero-order valence-corrected chi connectivity index (χ0v) is 13.3. The predicted molar refractivity (Wildman–Crippen MR) is 83.2 cm³/mol. The zero-order valence-electron chi connectivity index (χ0n) is 12.4. The molecule has 1 aromatic rings. The van der Waals surface area contributed by atoms with Gasteiger partial charge in [0.15, 0.2) is 0 Å². The van der Waals surface area contributed by atoms with Crippen LogP contribution >= 0.6 is 0 Å². The van der Waals surface area contributed by atoms with Crippen molar-refractivity contribution < 1.29 is 13.2 Å². The number of carbonyl (C=O) groups excluding carboxylic acids is 1. The average Bonchev–Trinajstić information content (AvgIpc) is 2.24. The van der Waals surface area contributed by atoms with Crippen molar-refractivity contribution in [2.75, 3.05) is 17.6 Å². The molecule has 21 heavy (non-hydrogen) atoms. The maximum Gasteiger partial charge on any atom is 0.240 e. The Kier molecular flexibility index (Phi) is 5.19. The first-order valence-corrected chi connectivity index (χ1v) is 8.01. The molecule has 0 aliphatic heterocycles. The number of sulfonamides is 1. The van der Waals surface area contributed by atoms with Gasteiger partial charge in [0.2, 0.25) is 15.9 Å². The molecule has 8 heteroatoms. The van der Waals surface area contributed by atoms with Crippen LogP contribution in [0.2, 0.25) is 0 Å². The fourth-order valence-electron chi connectivity index (χ4n) is 1.72. The van der Waals surface area contributed by atoms with E-state index in [2.05, 4.69) is 10.6 Å². The summed E-state index contributed by atoms with van der Waals surface area (Å²) in [6.07, 6.45) is 0.300. The van der Waals surface area contributed by atoms with Gasteiger partial charge in [0.25, 0.3) is 0 Å². The maximum atomic E-state index is 11.6. The Hall–Kier alpha value is -1.80. The SMILES string of the molecule is CC(C)(C)NC(=O)CCNc1ccc(S(N)(=O)=O)c(N)c1. The zero-order chi connectivity index (χ0) is 16.3. The first-order chi connectivity index (χ1) is 9.49. The lowest BCUT2D eigenvalue weighted by molar-refractivity contribution is -0.122. The summed E-state index contributed by atoms with van der Waals surface area (Å²) in [7, 11) is -3.82. The van der Waals surface area contributed by atoms with Crippen LogP contribution in [-0.4, -0.2) is 26.4 Å². The number of amides is 1. The van der Waals surface area contributed by atoms with Crippen molar-refractivity contribution in [3.63, 3.8) is 0 Å². The largest absolute Gasteiger partial charge is 0.398 e. The van der Waals surface area contributed by atoms with Gasteiger partial charge in [-0.05, 0) is 39.0 Å². The van der Waals surface area contributed by atoms with Gasteiger partial charge in [0.05, 0.1) is 5.69 Å². The van der Waals surface area contributed by atoms with E-state index in [1.807, 2.05) is 20.8 Å². The van der Waals surface area contributed by atoms with E-state index >= 15 is 0 Å². The molecule has 0 aliphatic carbocycles. The molecule has 0 aliphatic rings. The Labute approximate surface area is 125 Å². The van der Waals surface area contributed by atoms with E-state index in [1.54, 1.807) is 6.07 Å². The maximum absolute atomic E-state index is 11.6. The van der Waals surface area contributed by atoms with Crippen LogP contribution in [0.1, 0.15) is 27.2 Å². The molecule has 0 fully saturated rings. The van der Waals surface area contributed by atoms with Gasteiger partial charge in [0, 0.05) is 24.2 Å². The van der Waals surface area contributed by atoms with Crippen molar-refractivity contribution in [1.29, 1.82) is 0 Å². The molecule has 6 N–H and O–H groups in total. The summed E-state index contributed by atoms with van der Waals surface area (Å²) < 4.78 is 22.5. The minimum atomic E-state index is -3.82. The molecule has 1 amide bonds. The van der Waals surface area contributed by atoms with E-state index in [-0.39, 0.29) is 22.0 Å². The van der Waals surface area contributed by atoms with Crippen LogP contribution in [0.15, 0.2) is 23.1 Å². The molecule has 0 bridgehead atoms. The average molecular weight is 314 g/mol. The van der Waals surface area contributed by atoms with Crippen molar-refractivity contribution in [1.82, 2.24) is 5.32 Å². The highest BCUT2D eigenvalue weighted by Crippen LogP contribution is 2.21. The molecule has 0 radical (unpaired) electrons.